The van der Waals surface area contributed by atoms with Gasteiger partial charge in [-0.05, 0) is 48.7 Å². The fourth-order valence-corrected chi connectivity index (χ4v) is 4.09. The number of Topliss-reactive ketones (excluding diaryl/α,β-unsaturated/α-hetero) is 1. The molecule has 0 bridgehead atoms. The number of aliphatic hydroxyl groups excluding tert-OH is 1. The third-order valence-electron chi connectivity index (χ3n) is 5.83. The normalized spacial score (nSPS) is 17.1. The third-order valence-corrected chi connectivity index (χ3v) is 5.83. The molecule has 172 valence electrons. The fraction of sp³-hybridized carbons (Fsp3) is 0.179. The van der Waals surface area contributed by atoms with Crippen LogP contribution >= 0.6 is 0 Å². The van der Waals surface area contributed by atoms with Crippen molar-refractivity contribution >= 4 is 29.1 Å². The number of ether oxygens (including phenoxy) is 1. The molecule has 0 aliphatic carbocycles. The molecule has 4 rings (SSSR count). The van der Waals surface area contributed by atoms with Gasteiger partial charge in [-0.25, -0.2) is 0 Å². The highest BCUT2D eigenvalue weighted by atomic mass is 16.5. The van der Waals surface area contributed by atoms with Crippen LogP contribution in [0.4, 0.5) is 5.69 Å². The van der Waals surface area contributed by atoms with Crippen LogP contribution in [-0.4, -0.2) is 22.8 Å². The molecule has 1 saturated heterocycles. The number of hydrogen-bond acceptors (Lipinski definition) is 5. The van der Waals surface area contributed by atoms with Gasteiger partial charge in [0.05, 0.1) is 11.6 Å². The van der Waals surface area contributed by atoms with Crippen molar-refractivity contribution in [2.24, 2.45) is 0 Å². The van der Waals surface area contributed by atoms with Crippen LogP contribution in [0.3, 0.4) is 0 Å². The Morgan fingerprint density at radius 2 is 1.68 bits per heavy atom. The fourth-order valence-electron chi connectivity index (χ4n) is 4.09. The Hall–Kier alpha value is -4.19. The van der Waals surface area contributed by atoms with Gasteiger partial charge in [-0.3, -0.25) is 19.3 Å². The Kier molecular flexibility index (Phi) is 6.32. The molecule has 6 nitrogen and oxygen atoms in total. The molecule has 0 saturated carbocycles. The van der Waals surface area contributed by atoms with Crippen LogP contribution in [-0.2, 0) is 20.8 Å². The van der Waals surface area contributed by atoms with Gasteiger partial charge < -0.3 is 9.84 Å². The molecule has 1 fully saturated rings. The van der Waals surface area contributed by atoms with Crippen molar-refractivity contribution in [2.75, 3.05) is 4.90 Å². The molecular weight excluding hydrogens is 430 g/mol. The lowest BCUT2D eigenvalue weighted by molar-refractivity contribution is -0.132. The van der Waals surface area contributed by atoms with E-state index in [0.717, 1.165) is 17.5 Å². The first-order valence-corrected chi connectivity index (χ1v) is 11.1. The summed E-state index contributed by atoms with van der Waals surface area (Å²) in [4.78, 5) is 39.4. The molecule has 1 unspecified atom stereocenters. The number of esters is 1. The largest absolute Gasteiger partial charge is 0.507 e. The Morgan fingerprint density at radius 3 is 2.29 bits per heavy atom. The summed E-state index contributed by atoms with van der Waals surface area (Å²) in [6.07, 6.45) is 0.834. The van der Waals surface area contributed by atoms with E-state index in [1.165, 1.54) is 11.8 Å². The summed E-state index contributed by atoms with van der Waals surface area (Å²) in [7, 11) is 0. The van der Waals surface area contributed by atoms with Crippen LogP contribution < -0.4 is 9.64 Å². The maximum absolute atomic E-state index is 13.3. The maximum atomic E-state index is 13.3. The molecule has 1 aliphatic heterocycles. The van der Waals surface area contributed by atoms with Crippen molar-refractivity contribution in [1.82, 2.24) is 0 Å². The van der Waals surface area contributed by atoms with E-state index in [4.69, 9.17) is 4.74 Å². The molecule has 6 heteroatoms. The Bertz CT molecular complexity index is 1290. The van der Waals surface area contributed by atoms with Crippen LogP contribution in [0.15, 0.2) is 78.4 Å². The van der Waals surface area contributed by atoms with Crippen LogP contribution in [0.25, 0.3) is 5.76 Å². The average Bonchev–Trinajstić information content (AvgIpc) is 3.09. The molecule has 1 N–H and O–H groups in total. The topological polar surface area (TPSA) is 83.9 Å². The zero-order valence-electron chi connectivity index (χ0n) is 19.2. The van der Waals surface area contributed by atoms with Crippen LogP contribution in [0.5, 0.6) is 5.75 Å². The van der Waals surface area contributed by atoms with Gasteiger partial charge in [-0.1, -0.05) is 61.0 Å². The summed E-state index contributed by atoms with van der Waals surface area (Å²) in [6, 6.07) is 20.2. The van der Waals surface area contributed by atoms with Gasteiger partial charge in [-0.2, -0.15) is 0 Å². The number of aryl methyl sites for hydroxylation is 2. The number of hydrogen-bond donors (Lipinski definition) is 1. The average molecular weight is 456 g/mol. The number of amides is 1. The molecule has 3 aromatic rings. The molecule has 1 heterocycles. The Labute approximate surface area is 198 Å². The first-order valence-electron chi connectivity index (χ1n) is 11.1. The Morgan fingerprint density at radius 1 is 1.00 bits per heavy atom. The van der Waals surface area contributed by atoms with E-state index >= 15 is 0 Å². The monoisotopic (exact) mass is 455 g/mol. The van der Waals surface area contributed by atoms with Gasteiger partial charge in [0.2, 0.25) is 0 Å². The summed E-state index contributed by atoms with van der Waals surface area (Å²) in [6.45, 7) is 5.25. The van der Waals surface area contributed by atoms with E-state index in [2.05, 4.69) is 0 Å². The standard InChI is InChI=1S/C28H25NO5/c1-4-19-10-14-22(15-11-19)29-25(21-6-5-7-23(16-21)34-18(3)30)24(27(32)28(29)33)26(31)20-12-8-17(2)9-13-20/h5-16,25,31H,4H2,1-3H3/b26-24-. The van der Waals surface area contributed by atoms with E-state index in [1.807, 2.05) is 38.1 Å². The quantitative estimate of drug-likeness (QED) is 0.190. The van der Waals surface area contributed by atoms with Crippen molar-refractivity contribution in [3.05, 3.63) is 101 Å². The molecule has 0 radical (unpaired) electrons. The zero-order chi connectivity index (χ0) is 24.4. The molecular formula is C28H25NO5. The number of carbonyl (C=O) groups excluding carboxylic acids is 3. The van der Waals surface area contributed by atoms with Gasteiger partial charge in [0.25, 0.3) is 11.7 Å². The first kappa shape index (κ1) is 23.0. The maximum Gasteiger partial charge on any atom is 0.308 e. The van der Waals surface area contributed by atoms with E-state index in [9.17, 15) is 19.5 Å². The summed E-state index contributed by atoms with van der Waals surface area (Å²) >= 11 is 0. The van der Waals surface area contributed by atoms with Crippen LogP contribution in [0, 0.1) is 6.92 Å². The molecule has 3 aromatic carbocycles. The minimum absolute atomic E-state index is 0.0200. The van der Waals surface area contributed by atoms with Crippen LogP contribution in [0.2, 0.25) is 0 Å². The summed E-state index contributed by atoms with van der Waals surface area (Å²) in [5.41, 5.74) is 3.57. The number of ketones is 1. The number of aliphatic hydroxyl groups is 1. The second-order valence-electron chi connectivity index (χ2n) is 8.22. The molecule has 0 aromatic heterocycles. The smallest absolute Gasteiger partial charge is 0.308 e. The van der Waals surface area contributed by atoms with Crippen LogP contribution in [0.1, 0.15) is 42.1 Å². The predicted molar refractivity (Wildman–Crippen MR) is 130 cm³/mol. The van der Waals surface area contributed by atoms with Gasteiger partial charge in [0.1, 0.15) is 11.5 Å². The molecule has 34 heavy (non-hydrogen) atoms. The zero-order valence-corrected chi connectivity index (χ0v) is 19.2. The second kappa shape index (κ2) is 9.35. The summed E-state index contributed by atoms with van der Waals surface area (Å²) in [5.74, 6) is -1.97. The number of carbonyl (C=O) groups is 3. The molecule has 0 spiro atoms. The van der Waals surface area contributed by atoms with Crippen molar-refractivity contribution in [2.45, 2.75) is 33.2 Å². The van der Waals surface area contributed by atoms with Crippen molar-refractivity contribution in [3.63, 3.8) is 0 Å². The third kappa shape index (κ3) is 4.35. The number of nitrogens with zero attached hydrogens (tertiary/aromatic N) is 1. The van der Waals surface area contributed by atoms with Gasteiger partial charge >= 0.3 is 5.97 Å². The van der Waals surface area contributed by atoms with E-state index in [-0.39, 0.29) is 17.1 Å². The lowest BCUT2D eigenvalue weighted by atomic mass is 9.94. The summed E-state index contributed by atoms with van der Waals surface area (Å²) < 4.78 is 5.23. The SMILES string of the molecule is CCc1ccc(N2C(=O)C(=O)/C(=C(\O)c3ccc(C)cc3)C2c2cccc(OC(C)=O)c2)cc1. The van der Waals surface area contributed by atoms with E-state index in [1.54, 1.807) is 48.5 Å². The van der Waals surface area contributed by atoms with Crippen molar-refractivity contribution in [1.29, 1.82) is 0 Å². The van der Waals surface area contributed by atoms with E-state index < -0.39 is 23.7 Å². The lowest BCUT2D eigenvalue weighted by Crippen LogP contribution is -2.29. The molecule has 1 aliphatic rings. The van der Waals surface area contributed by atoms with Crippen molar-refractivity contribution in [3.8, 4) is 5.75 Å². The number of benzene rings is 3. The first-order chi connectivity index (χ1) is 16.3. The van der Waals surface area contributed by atoms with Gasteiger partial charge in [0.15, 0.2) is 0 Å². The summed E-state index contributed by atoms with van der Waals surface area (Å²) in [5, 5.41) is 11.2. The number of rotatable bonds is 5. The minimum Gasteiger partial charge on any atom is -0.507 e. The lowest BCUT2D eigenvalue weighted by Gasteiger charge is -2.26. The molecule has 1 amide bonds. The predicted octanol–water partition coefficient (Wildman–Crippen LogP) is 5.11. The highest BCUT2D eigenvalue weighted by Gasteiger charge is 2.47. The van der Waals surface area contributed by atoms with Gasteiger partial charge in [0, 0.05) is 18.2 Å². The van der Waals surface area contributed by atoms with Gasteiger partial charge in [-0.15, -0.1) is 0 Å². The number of anilines is 1. The van der Waals surface area contributed by atoms with Crippen molar-refractivity contribution < 1.29 is 24.2 Å². The highest BCUT2D eigenvalue weighted by molar-refractivity contribution is 6.51. The Balaban J connectivity index is 1.92. The van der Waals surface area contributed by atoms with E-state index in [0.29, 0.717) is 16.8 Å². The minimum atomic E-state index is -0.899. The molecule has 1 atom stereocenters. The highest BCUT2D eigenvalue weighted by Crippen LogP contribution is 2.42. The second-order valence-corrected chi connectivity index (χ2v) is 8.22.